The molecule has 2 aromatic rings. The Bertz CT molecular complexity index is 740. The van der Waals surface area contributed by atoms with Crippen LogP contribution in [-0.4, -0.2) is 74.1 Å². The van der Waals surface area contributed by atoms with E-state index in [9.17, 15) is 0 Å². The average Bonchev–Trinajstić information content (AvgIpc) is 2.73. The number of nitrogens with zero attached hydrogens (tertiary/aromatic N) is 5. The molecule has 1 N–H and O–H groups in total. The van der Waals surface area contributed by atoms with Crippen LogP contribution in [0.1, 0.15) is 6.92 Å². The molecule has 1 aromatic carbocycles. The van der Waals surface area contributed by atoms with Crippen LogP contribution in [0.15, 0.2) is 18.3 Å². The first-order chi connectivity index (χ1) is 13.2. The van der Waals surface area contributed by atoms with Gasteiger partial charge in [0.15, 0.2) is 17.3 Å². The first-order valence-electron chi connectivity index (χ1n) is 8.92. The molecule has 1 aromatic heterocycles. The standard InChI is InChI=1S/C18H26N6O3/c1-5-23-6-8-24(9-7-23)18-21-16(12-19-22-18)20-13-10-14(25-2)17(27-4)15(11-13)26-3/h10-12H,5-9H2,1-4H3,(H,20,21,22). The Balaban J connectivity index is 1.78. The zero-order valence-corrected chi connectivity index (χ0v) is 16.2. The van der Waals surface area contributed by atoms with Gasteiger partial charge in [0.1, 0.15) is 0 Å². The molecule has 0 atom stereocenters. The second-order valence-corrected chi connectivity index (χ2v) is 6.10. The molecule has 0 saturated carbocycles. The van der Waals surface area contributed by atoms with Crippen molar-refractivity contribution in [1.82, 2.24) is 20.1 Å². The highest BCUT2D eigenvalue weighted by molar-refractivity contribution is 5.66. The van der Waals surface area contributed by atoms with Gasteiger partial charge in [0.05, 0.1) is 27.5 Å². The van der Waals surface area contributed by atoms with Crippen molar-refractivity contribution in [2.45, 2.75) is 6.92 Å². The minimum atomic E-state index is 0.542. The van der Waals surface area contributed by atoms with Crippen LogP contribution in [0.5, 0.6) is 17.2 Å². The van der Waals surface area contributed by atoms with Crippen molar-refractivity contribution in [3.8, 4) is 17.2 Å². The van der Waals surface area contributed by atoms with Crippen LogP contribution in [0.4, 0.5) is 17.5 Å². The SMILES string of the molecule is CCN1CCN(c2nncc(Nc3cc(OC)c(OC)c(OC)c3)n2)CC1. The summed E-state index contributed by atoms with van der Waals surface area (Å²) in [6.45, 7) is 7.03. The van der Waals surface area contributed by atoms with Crippen molar-refractivity contribution in [3.63, 3.8) is 0 Å². The lowest BCUT2D eigenvalue weighted by Gasteiger charge is -2.33. The summed E-state index contributed by atoms with van der Waals surface area (Å²) < 4.78 is 16.1. The van der Waals surface area contributed by atoms with Crippen molar-refractivity contribution in [2.24, 2.45) is 0 Å². The molecule has 9 nitrogen and oxygen atoms in total. The fourth-order valence-electron chi connectivity index (χ4n) is 3.05. The van der Waals surface area contributed by atoms with Gasteiger partial charge in [-0.15, -0.1) is 5.10 Å². The number of benzene rings is 1. The molecule has 0 aliphatic carbocycles. The van der Waals surface area contributed by atoms with Gasteiger partial charge < -0.3 is 29.3 Å². The fourth-order valence-corrected chi connectivity index (χ4v) is 3.05. The quantitative estimate of drug-likeness (QED) is 0.779. The molecular formula is C18H26N6O3. The van der Waals surface area contributed by atoms with Crippen molar-refractivity contribution >= 4 is 17.5 Å². The maximum Gasteiger partial charge on any atom is 0.247 e. The molecule has 0 radical (unpaired) electrons. The van der Waals surface area contributed by atoms with Gasteiger partial charge in [0.25, 0.3) is 0 Å². The van der Waals surface area contributed by atoms with Gasteiger partial charge in [-0.2, -0.15) is 10.1 Å². The van der Waals surface area contributed by atoms with E-state index in [1.54, 1.807) is 27.5 Å². The summed E-state index contributed by atoms with van der Waals surface area (Å²) >= 11 is 0. The summed E-state index contributed by atoms with van der Waals surface area (Å²) in [6.07, 6.45) is 1.59. The van der Waals surface area contributed by atoms with Gasteiger partial charge in [0.2, 0.25) is 11.7 Å². The molecular weight excluding hydrogens is 348 g/mol. The Kier molecular flexibility index (Phi) is 6.12. The third kappa shape index (κ3) is 4.30. The first kappa shape index (κ1) is 19.0. The zero-order valence-electron chi connectivity index (χ0n) is 16.2. The van der Waals surface area contributed by atoms with Crippen LogP contribution in [0.25, 0.3) is 0 Å². The minimum Gasteiger partial charge on any atom is -0.493 e. The second-order valence-electron chi connectivity index (χ2n) is 6.10. The number of aromatic nitrogens is 3. The number of ether oxygens (including phenoxy) is 3. The van der Waals surface area contributed by atoms with Gasteiger partial charge in [-0.05, 0) is 6.54 Å². The fraction of sp³-hybridized carbons (Fsp3) is 0.500. The van der Waals surface area contributed by atoms with E-state index in [-0.39, 0.29) is 0 Å². The van der Waals surface area contributed by atoms with E-state index in [0.717, 1.165) is 38.4 Å². The van der Waals surface area contributed by atoms with Gasteiger partial charge in [-0.25, -0.2) is 0 Å². The first-order valence-corrected chi connectivity index (χ1v) is 8.92. The van der Waals surface area contributed by atoms with Crippen LogP contribution in [0, 0.1) is 0 Å². The van der Waals surface area contributed by atoms with Crippen LogP contribution in [0.2, 0.25) is 0 Å². The highest BCUT2D eigenvalue weighted by Crippen LogP contribution is 2.40. The molecule has 146 valence electrons. The van der Waals surface area contributed by atoms with E-state index in [1.165, 1.54) is 0 Å². The molecule has 1 aliphatic heterocycles. The molecule has 0 spiro atoms. The Labute approximate surface area is 159 Å². The van der Waals surface area contributed by atoms with Crippen molar-refractivity contribution in [1.29, 1.82) is 0 Å². The second kappa shape index (κ2) is 8.72. The number of rotatable bonds is 7. The zero-order chi connectivity index (χ0) is 19.2. The molecule has 9 heteroatoms. The highest BCUT2D eigenvalue weighted by atomic mass is 16.5. The normalized spacial score (nSPS) is 14.7. The average molecular weight is 374 g/mol. The number of piperazine rings is 1. The molecule has 2 heterocycles. The summed E-state index contributed by atoms with van der Waals surface area (Å²) in [5.74, 6) is 2.91. The molecule has 0 bridgehead atoms. The van der Waals surface area contributed by atoms with Crippen molar-refractivity contribution in [3.05, 3.63) is 18.3 Å². The highest BCUT2D eigenvalue weighted by Gasteiger charge is 2.19. The molecule has 1 fully saturated rings. The van der Waals surface area contributed by atoms with E-state index in [2.05, 4.69) is 37.2 Å². The van der Waals surface area contributed by atoms with E-state index in [0.29, 0.717) is 29.0 Å². The largest absolute Gasteiger partial charge is 0.493 e. The monoisotopic (exact) mass is 374 g/mol. The number of nitrogens with one attached hydrogen (secondary N) is 1. The van der Waals surface area contributed by atoms with Crippen LogP contribution in [0.3, 0.4) is 0 Å². The maximum atomic E-state index is 5.39. The molecule has 1 saturated heterocycles. The maximum absolute atomic E-state index is 5.39. The number of hydrogen-bond acceptors (Lipinski definition) is 9. The van der Waals surface area contributed by atoms with Gasteiger partial charge >= 0.3 is 0 Å². The van der Waals surface area contributed by atoms with E-state index in [4.69, 9.17) is 14.2 Å². The van der Waals surface area contributed by atoms with Gasteiger partial charge in [0, 0.05) is 44.0 Å². The summed E-state index contributed by atoms with van der Waals surface area (Å²) in [6, 6.07) is 3.65. The van der Waals surface area contributed by atoms with Crippen LogP contribution >= 0.6 is 0 Å². The topological polar surface area (TPSA) is 84.9 Å². The summed E-state index contributed by atoms with van der Waals surface area (Å²) in [4.78, 5) is 9.16. The smallest absolute Gasteiger partial charge is 0.247 e. The lowest BCUT2D eigenvalue weighted by Crippen LogP contribution is -2.46. The molecule has 0 amide bonds. The van der Waals surface area contributed by atoms with E-state index < -0.39 is 0 Å². The van der Waals surface area contributed by atoms with E-state index >= 15 is 0 Å². The van der Waals surface area contributed by atoms with Crippen LogP contribution in [-0.2, 0) is 0 Å². The van der Waals surface area contributed by atoms with Crippen LogP contribution < -0.4 is 24.4 Å². The number of likely N-dealkylation sites (N-methyl/N-ethyl adjacent to an activating group) is 1. The number of methoxy groups -OCH3 is 3. The Morgan fingerprint density at radius 1 is 1.00 bits per heavy atom. The lowest BCUT2D eigenvalue weighted by molar-refractivity contribution is 0.269. The molecule has 0 unspecified atom stereocenters. The summed E-state index contributed by atoms with van der Waals surface area (Å²) in [5.41, 5.74) is 0.756. The number of anilines is 3. The molecule has 3 rings (SSSR count). The predicted molar refractivity (Wildman–Crippen MR) is 104 cm³/mol. The summed E-state index contributed by atoms with van der Waals surface area (Å²) in [5, 5.41) is 11.5. The summed E-state index contributed by atoms with van der Waals surface area (Å²) in [7, 11) is 4.75. The number of hydrogen-bond donors (Lipinski definition) is 1. The Morgan fingerprint density at radius 3 is 2.22 bits per heavy atom. The Hall–Kier alpha value is -2.81. The van der Waals surface area contributed by atoms with Gasteiger partial charge in [-0.1, -0.05) is 6.92 Å². The molecule has 27 heavy (non-hydrogen) atoms. The minimum absolute atomic E-state index is 0.542. The third-order valence-electron chi connectivity index (χ3n) is 4.59. The van der Waals surface area contributed by atoms with Gasteiger partial charge in [-0.3, -0.25) is 0 Å². The van der Waals surface area contributed by atoms with Crippen molar-refractivity contribution in [2.75, 3.05) is 64.3 Å². The predicted octanol–water partition coefficient (Wildman–Crippen LogP) is 1.78. The molecule has 1 aliphatic rings. The third-order valence-corrected chi connectivity index (χ3v) is 4.59. The van der Waals surface area contributed by atoms with E-state index in [1.807, 2.05) is 12.1 Å². The Morgan fingerprint density at radius 2 is 1.67 bits per heavy atom. The lowest BCUT2D eigenvalue weighted by atomic mass is 10.2. The van der Waals surface area contributed by atoms with Crippen molar-refractivity contribution < 1.29 is 14.2 Å².